The molecule has 3 aromatic rings. The van der Waals surface area contributed by atoms with Crippen LogP contribution in [0.15, 0.2) is 43.0 Å². The summed E-state index contributed by atoms with van der Waals surface area (Å²) in [5.41, 5.74) is 3.46. The van der Waals surface area contributed by atoms with Gasteiger partial charge in [-0.1, -0.05) is 30.3 Å². The van der Waals surface area contributed by atoms with Crippen LogP contribution in [-0.4, -0.2) is 53.9 Å². The highest BCUT2D eigenvalue weighted by atomic mass is 32.2. The first-order valence-electron chi connectivity index (χ1n) is 9.50. The second-order valence-electron chi connectivity index (χ2n) is 7.05. The molecule has 3 unspecified atom stereocenters. The molecule has 160 valence electrons. The van der Waals surface area contributed by atoms with E-state index in [1.54, 1.807) is 6.33 Å². The van der Waals surface area contributed by atoms with E-state index in [-0.39, 0.29) is 12.7 Å². The molecule has 1 aliphatic heterocycles. The van der Waals surface area contributed by atoms with Gasteiger partial charge in [0, 0.05) is 13.5 Å². The molecule has 10 nitrogen and oxygen atoms in total. The van der Waals surface area contributed by atoms with Gasteiger partial charge in [-0.2, -0.15) is 8.42 Å². The summed E-state index contributed by atoms with van der Waals surface area (Å²) in [6.07, 6.45) is 3.88. The normalized spacial score (nSPS) is 22.0. The zero-order valence-electron chi connectivity index (χ0n) is 16.4. The molecule has 0 spiro atoms. The van der Waals surface area contributed by atoms with Crippen LogP contribution in [0, 0.1) is 0 Å². The summed E-state index contributed by atoms with van der Waals surface area (Å²) in [5.74, 6) is 0. The number of aryl methyl sites for hydroxylation is 2. The fourth-order valence-electron chi connectivity index (χ4n) is 3.63. The molecule has 2 N–H and O–H groups in total. The number of rotatable bonds is 8. The number of fused-ring (bicyclic) bond motifs is 1. The Morgan fingerprint density at radius 1 is 1.20 bits per heavy atom. The third-order valence-corrected chi connectivity index (χ3v) is 5.58. The summed E-state index contributed by atoms with van der Waals surface area (Å²) in [4.78, 5) is 13.3. The van der Waals surface area contributed by atoms with Gasteiger partial charge < -0.3 is 9.47 Å². The SMILES string of the molecule is COC1CC(n2cnc3c(CCc4ccccc4)ncnc32)OC1COS(N)(=O)=O. The molecule has 1 fully saturated rings. The minimum Gasteiger partial charge on any atom is -0.378 e. The summed E-state index contributed by atoms with van der Waals surface area (Å²) in [6, 6.07) is 10.2. The van der Waals surface area contributed by atoms with E-state index >= 15 is 0 Å². The van der Waals surface area contributed by atoms with Gasteiger partial charge in [0.2, 0.25) is 0 Å². The summed E-state index contributed by atoms with van der Waals surface area (Å²) in [7, 11) is -2.52. The number of hydrogen-bond donors (Lipinski definition) is 1. The Bertz CT molecular complexity index is 1100. The maximum absolute atomic E-state index is 11.1. The van der Waals surface area contributed by atoms with Gasteiger partial charge in [0.1, 0.15) is 24.2 Å². The fourth-order valence-corrected chi connectivity index (χ4v) is 3.96. The van der Waals surface area contributed by atoms with Crippen LogP contribution in [0.3, 0.4) is 0 Å². The lowest BCUT2D eigenvalue weighted by molar-refractivity contribution is -0.0453. The highest BCUT2D eigenvalue weighted by Gasteiger charge is 2.38. The fraction of sp³-hybridized carbons (Fsp3) is 0.421. The van der Waals surface area contributed by atoms with E-state index in [2.05, 4.69) is 31.3 Å². The highest BCUT2D eigenvalue weighted by Crippen LogP contribution is 2.33. The molecular weight excluding hydrogens is 410 g/mol. The Morgan fingerprint density at radius 3 is 2.73 bits per heavy atom. The quantitative estimate of drug-likeness (QED) is 0.559. The van der Waals surface area contributed by atoms with Crippen LogP contribution in [0.4, 0.5) is 0 Å². The highest BCUT2D eigenvalue weighted by molar-refractivity contribution is 7.84. The molecule has 1 aromatic carbocycles. The number of imidazole rings is 1. The zero-order valence-corrected chi connectivity index (χ0v) is 17.2. The summed E-state index contributed by atoms with van der Waals surface area (Å²) >= 11 is 0. The van der Waals surface area contributed by atoms with E-state index < -0.39 is 22.6 Å². The number of aromatic nitrogens is 4. The Hall–Kier alpha value is -2.44. The maximum atomic E-state index is 11.1. The number of hydrogen-bond acceptors (Lipinski definition) is 8. The maximum Gasteiger partial charge on any atom is 0.333 e. The zero-order chi connectivity index (χ0) is 21.1. The van der Waals surface area contributed by atoms with Gasteiger partial charge in [-0.15, -0.1) is 0 Å². The summed E-state index contributed by atoms with van der Waals surface area (Å²) < 4.78 is 40.1. The number of ether oxygens (including phenoxy) is 2. The van der Waals surface area contributed by atoms with Crippen molar-refractivity contribution in [1.82, 2.24) is 19.5 Å². The molecule has 3 atom stereocenters. The van der Waals surface area contributed by atoms with Gasteiger partial charge in [-0.05, 0) is 18.4 Å². The molecule has 0 radical (unpaired) electrons. The third-order valence-electron chi connectivity index (χ3n) is 5.12. The van der Waals surface area contributed by atoms with E-state index in [9.17, 15) is 8.42 Å². The number of nitrogens with two attached hydrogens (primary N) is 1. The molecule has 0 saturated carbocycles. The van der Waals surface area contributed by atoms with Crippen LogP contribution < -0.4 is 5.14 Å². The first-order valence-corrected chi connectivity index (χ1v) is 11.0. The minimum absolute atomic E-state index is 0.224. The van der Waals surface area contributed by atoms with Gasteiger partial charge in [0.25, 0.3) is 0 Å². The molecule has 0 aliphatic carbocycles. The molecule has 1 saturated heterocycles. The Balaban J connectivity index is 1.52. The predicted octanol–water partition coefficient (Wildman–Crippen LogP) is 1.13. The molecule has 4 rings (SSSR count). The van der Waals surface area contributed by atoms with E-state index in [1.807, 2.05) is 22.8 Å². The average Bonchev–Trinajstić information content (AvgIpc) is 3.35. The number of nitrogens with zero attached hydrogens (tertiary/aromatic N) is 4. The van der Waals surface area contributed by atoms with Crippen molar-refractivity contribution >= 4 is 21.5 Å². The van der Waals surface area contributed by atoms with Crippen LogP contribution in [-0.2, 0) is 36.8 Å². The minimum atomic E-state index is -4.06. The average molecular weight is 433 g/mol. The molecule has 1 aliphatic rings. The predicted molar refractivity (Wildman–Crippen MR) is 108 cm³/mol. The second kappa shape index (κ2) is 8.74. The van der Waals surface area contributed by atoms with Crippen LogP contribution in [0.5, 0.6) is 0 Å². The van der Waals surface area contributed by atoms with Gasteiger partial charge in [-0.3, -0.25) is 8.75 Å². The van der Waals surface area contributed by atoms with Crippen molar-refractivity contribution in [3.05, 3.63) is 54.2 Å². The Kier molecular flexibility index (Phi) is 6.06. The molecule has 2 aromatic heterocycles. The van der Waals surface area contributed by atoms with Crippen molar-refractivity contribution in [3.8, 4) is 0 Å². The van der Waals surface area contributed by atoms with E-state index in [1.165, 1.54) is 19.0 Å². The Morgan fingerprint density at radius 2 is 2.00 bits per heavy atom. The van der Waals surface area contributed by atoms with Gasteiger partial charge in [0.15, 0.2) is 5.65 Å². The van der Waals surface area contributed by atoms with Crippen molar-refractivity contribution in [3.63, 3.8) is 0 Å². The van der Waals surface area contributed by atoms with Crippen LogP contribution in [0.1, 0.15) is 23.9 Å². The lowest BCUT2D eigenvalue weighted by Gasteiger charge is -2.16. The van der Waals surface area contributed by atoms with Crippen molar-refractivity contribution in [2.24, 2.45) is 5.14 Å². The number of methoxy groups -OCH3 is 1. The van der Waals surface area contributed by atoms with Crippen LogP contribution >= 0.6 is 0 Å². The van der Waals surface area contributed by atoms with Crippen molar-refractivity contribution in [1.29, 1.82) is 0 Å². The molecule has 30 heavy (non-hydrogen) atoms. The van der Waals surface area contributed by atoms with E-state index in [4.69, 9.17) is 14.6 Å². The molecule has 0 amide bonds. The van der Waals surface area contributed by atoms with Crippen LogP contribution in [0.2, 0.25) is 0 Å². The van der Waals surface area contributed by atoms with Gasteiger partial charge >= 0.3 is 10.3 Å². The Labute approximate surface area is 174 Å². The first-order chi connectivity index (χ1) is 14.4. The largest absolute Gasteiger partial charge is 0.378 e. The monoisotopic (exact) mass is 433 g/mol. The molecular formula is C19H23N5O5S. The molecule has 11 heteroatoms. The van der Waals surface area contributed by atoms with Crippen molar-refractivity contribution in [2.45, 2.75) is 37.7 Å². The molecule has 3 heterocycles. The second-order valence-corrected chi connectivity index (χ2v) is 8.27. The third kappa shape index (κ3) is 4.65. The van der Waals surface area contributed by atoms with Crippen LogP contribution in [0.25, 0.3) is 11.2 Å². The van der Waals surface area contributed by atoms with E-state index in [0.29, 0.717) is 12.1 Å². The lowest BCUT2D eigenvalue weighted by Crippen LogP contribution is -2.31. The lowest BCUT2D eigenvalue weighted by atomic mass is 10.1. The summed E-state index contributed by atoms with van der Waals surface area (Å²) in [6.45, 7) is -0.224. The van der Waals surface area contributed by atoms with Crippen molar-refractivity contribution < 1.29 is 22.1 Å². The van der Waals surface area contributed by atoms with Gasteiger partial charge in [-0.25, -0.2) is 20.1 Å². The molecule has 0 bridgehead atoms. The van der Waals surface area contributed by atoms with Gasteiger partial charge in [0.05, 0.1) is 24.7 Å². The van der Waals surface area contributed by atoms with Crippen molar-refractivity contribution in [2.75, 3.05) is 13.7 Å². The topological polar surface area (TPSA) is 131 Å². The van der Waals surface area contributed by atoms with E-state index in [0.717, 1.165) is 24.1 Å². The number of benzene rings is 1. The summed E-state index contributed by atoms with van der Waals surface area (Å²) in [5, 5.41) is 4.91. The standard InChI is InChI=1S/C19H23N5O5S/c1-27-15-9-17(29-16(15)10-28-30(20,25)26)24-12-23-18-14(21-11-22-19(18)24)8-7-13-5-3-2-4-6-13/h2-6,11-12,15-17H,7-10H2,1H3,(H2,20,25,26). The smallest absolute Gasteiger partial charge is 0.333 e. The first kappa shape index (κ1) is 20.8.